The number of hydrogen-bond donors (Lipinski definition) is 1. The molecule has 5 nitrogen and oxygen atoms in total. The first-order valence-corrected chi connectivity index (χ1v) is 8.06. The Morgan fingerprint density at radius 2 is 2.14 bits per heavy atom. The van der Waals surface area contributed by atoms with Crippen LogP contribution < -0.4 is 4.74 Å². The molecule has 0 aliphatic rings. The molecule has 0 aliphatic carbocycles. The van der Waals surface area contributed by atoms with Crippen molar-refractivity contribution in [2.24, 2.45) is 0 Å². The number of aliphatic hydroxyl groups excluding tert-OH is 1. The monoisotopic (exact) mass is 307 g/mol. The summed E-state index contributed by atoms with van der Waals surface area (Å²) in [5, 5.41) is 19.1. The second-order valence-electron chi connectivity index (χ2n) is 4.66. The molecule has 0 radical (unpaired) electrons. The number of benzene rings is 1. The zero-order valence-electron chi connectivity index (χ0n) is 12.6. The summed E-state index contributed by atoms with van der Waals surface area (Å²) in [4.78, 5) is 0. The van der Waals surface area contributed by atoms with E-state index in [0.717, 1.165) is 35.3 Å². The van der Waals surface area contributed by atoms with Gasteiger partial charge in [0.1, 0.15) is 5.75 Å². The first-order valence-electron chi connectivity index (χ1n) is 7.08. The van der Waals surface area contributed by atoms with Crippen LogP contribution in [0.3, 0.4) is 0 Å². The van der Waals surface area contributed by atoms with Gasteiger partial charge in [0.05, 0.1) is 13.2 Å². The average Bonchev–Trinajstić information content (AvgIpc) is 2.95. The van der Waals surface area contributed by atoms with Crippen molar-refractivity contribution in [3.05, 3.63) is 24.3 Å². The van der Waals surface area contributed by atoms with Crippen molar-refractivity contribution in [2.75, 3.05) is 12.9 Å². The van der Waals surface area contributed by atoms with E-state index < -0.39 is 0 Å². The molecule has 1 heterocycles. The van der Waals surface area contributed by atoms with Crippen LogP contribution >= 0.6 is 11.8 Å². The van der Waals surface area contributed by atoms with Gasteiger partial charge in [0, 0.05) is 17.9 Å². The summed E-state index contributed by atoms with van der Waals surface area (Å²) in [6, 6.07) is 7.79. The summed E-state index contributed by atoms with van der Waals surface area (Å²) in [6.07, 6.45) is 0.438. The Labute approximate surface area is 129 Å². The van der Waals surface area contributed by atoms with Gasteiger partial charge in [-0.15, -0.1) is 10.2 Å². The van der Waals surface area contributed by atoms with Gasteiger partial charge in [0.15, 0.2) is 11.0 Å². The van der Waals surface area contributed by atoms with Crippen molar-refractivity contribution in [3.63, 3.8) is 0 Å². The predicted molar refractivity (Wildman–Crippen MR) is 84.7 cm³/mol. The van der Waals surface area contributed by atoms with Crippen LogP contribution in [-0.2, 0) is 6.54 Å². The van der Waals surface area contributed by atoms with Crippen LogP contribution in [0.1, 0.15) is 20.3 Å². The van der Waals surface area contributed by atoms with Gasteiger partial charge >= 0.3 is 0 Å². The van der Waals surface area contributed by atoms with E-state index in [0.29, 0.717) is 5.75 Å². The maximum atomic E-state index is 9.68. The van der Waals surface area contributed by atoms with Crippen LogP contribution in [0.15, 0.2) is 29.4 Å². The lowest BCUT2D eigenvalue weighted by atomic mass is 10.2. The van der Waals surface area contributed by atoms with Gasteiger partial charge in [-0.05, 0) is 25.5 Å². The van der Waals surface area contributed by atoms with E-state index in [9.17, 15) is 5.11 Å². The van der Waals surface area contributed by atoms with Crippen molar-refractivity contribution in [1.29, 1.82) is 0 Å². The Morgan fingerprint density at radius 3 is 2.81 bits per heavy atom. The van der Waals surface area contributed by atoms with Crippen molar-refractivity contribution in [1.82, 2.24) is 14.8 Å². The molecule has 0 spiro atoms. The second kappa shape index (κ2) is 7.47. The summed E-state index contributed by atoms with van der Waals surface area (Å²) in [6.45, 7) is 4.81. The van der Waals surface area contributed by atoms with E-state index in [2.05, 4.69) is 21.7 Å². The van der Waals surface area contributed by atoms with E-state index in [1.165, 1.54) is 11.8 Å². The van der Waals surface area contributed by atoms with Crippen LogP contribution in [0.25, 0.3) is 11.4 Å². The largest absolute Gasteiger partial charge is 0.497 e. The SMILES string of the molecule is CC[C@H](O)CSc1nnc(-c2cccc(OC)c2)n1CC. The number of aromatic nitrogens is 3. The molecule has 6 heteroatoms. The van der Waals surface area contributed by atoms with E-state index in [4.69, 9.17) is 4.74 Å². The Morgan fingerprint density at radius 1 is 1.33 bits per heavy atom. The second-order valence-corrected chi connectivity index (χ2v) is 5.64. The standard InChI is InChI=1S/C15H21N3O2S/c1-4-12(19)10-21-15-17-16-14(18(15)5-2)11-7-6-8-13(9-11)20-3/h6-9,12,19H,4-5,10H2,1-3H3/t12-/m0/s1. The lowest BCUT2D eigenvalue weighted by molar-refractivity contribution is 0.195. The highest BCUT2D eigenvalue weighted by Crippen LogP contribution is 2.26. The molecule has 0 saturated carbocycles. The van der Waals surface area contributed by atoms with Gasteiger partial charge in [-0.1, -0.05) is 30.8 Å². The smallest absolute Gasteiger partial charge is 0.191 e. The summed E-state index contributed by atoms with van der Waals surface area (Å²) in [5.74, 6) is 2.26. The molecule has 1 N–H and O–H groups in total. The number of thioether (sulfide) groups is 1. The van der Waals surface area contributed by atoms with E-state index in [-0.39, 0.29) is 6.10 Å². The fourth-order valence-corrected chi connectivity index (χ4v) is 2.99. The summed E-state index contributed by atoms with van der Waals surface area (Å²) in [5.41, 5.74) is 0.978. The lowest BCUT2D eigenvalue weighted by Crippen LogP contribution is -2.09. The normalized spacial score (nSPS) is 12.4. The van der Waals surface area contributed by atoms with Crippen LogP contribution in [-0.4, -0.2) is 38.8 Å². The minimum atomic E-state index is -0.308. The Bertz CT molecular complexity index is 586. The molecule has 21 heavy (non-hydrogen) atoms. The Kier molecular flexibility index (Phi) is 5.64. The number of methoxy groups -OCH3 is 1. The molecule has 1 aromatic heterocycles. The molecular weight excluding hydrogens is 286 g/mol. The van der Waals surface area contributed by atoms with Gasteiger partial charge in [0.25, 0.3) is 0 Å². The lowest BCUT2D eigenvalue weighted by Gasteiger charge is -2.09. The molecule has 0 amide bonds. The number of rotatable bonds is 7. The zero-order valence-corrected chi connectivity index (χ0v) is 13.4. The number of nitrogens with zero attached hydrogens (tertiary/aromatic N) is 3. The fraction of sp³-hybridized carbons (Fsp3) is 0.467. The van der Waals surface area contributed by atoms with Crippen molar-refractivity contribution >= 4 is 11.8 Å². The van der Waals surface area contributed by atoms with Crippen molar-refractivity contribution in [3.8, 4) is 17.1 Å². The minimum Gasteiger partial charge on any atom is -0.497 e. The van der Waals surface area contributed by atoms with Gasteiger partial charge in [0.2, 0.25) is 0 Å². The third-order valence-corrected chi connectivity index (χ3v) is 4.35. The van der Waals surface area contributed by atoms with Gasteiger partial charge < -0.3 is 14.4 Å². The predicted octanol–water partition coefficient (Wildman–Crippen LogP) is 2.84. The van der Waals surface area contributed by atoms with Gasteiger partial charge in [-0.3, -0.25) is 0 Å². The average molecular weight is 307 g/mol. The molecule has 2 rings (SSSR count). The molecule has 0 saturated heterocycles. The van der Waals surface area contributed by atoms with Crippen molar-refractivity contribution < 1.29 is 9.84 Å². The maximum absolute atomic E-state index is 9.68. The summed E-state index contributed by atoms with van der Waals surface area (Å²) >= 11 is 1.54. The topological polar surface area (TPSA) is 60.2 Å². The fourth-order valence-electron chi connectivity index (χ4n) is 1.94. The molecule has 2 aromatic rings. The molecule has 1 aromatic carbocycles. The van der Waals surface area contributed by atoms with Gasteiger partial charge in [-0.2, -0.15) is 0 Å². The molecule has 0 bridgehead atoms. The molecular formula is C15H21N3O2S. The minimum absolute atomic E-state index is 0.308. The quantitative estimate of drug-likeness (QED) is 0.797. The third-order valence-electron chi connectivity index (χ3n) is 3.24. The first-order chi connectivity index (χ1) is 10.2. The summed E-state index contributed by atoms with van der Waals surface area (Å²) < 4.78 is 7.31. The molecule has 0 aliphatic heterocycles. The maximum Gasteiger partial charge on any atom is 0.191 e. The first kappa shape index (κ1) is 15.9. The highest BCUT2D eigenvalue weighted by atomic mass is 32.2. The van der Waals surface area contributed by atoms with Crippen LogP contribution in [0, 0.1) is 0 Å². The van der Waals surface area contributed by atoms with E-state index in [1.807, 2.05) is 31.2 Å². The van der Waals surface area contributed by atoms with E-state index >= 15 is 0 Å². The number of hydrogen-bond acceptors (Lipinski definition) is 5. The Hall–Kier alpha value is -1.53. The number of ether oxygens (including phenoxy) is 1. The van der Waals surface area contributed by atoms with Crippen molar-refractivity contribution in [2.45, 2.75) is 38.1 Å². The number of aliphatic hydroxyl groups is 1. The molecule has 0 unspecified atom stereocenters. The van der Waals surface area contributed by atoms with Crippen LogP contribution in [0.5, 0.6) is 5.75 Å². The highest BCUT2D eigenvalue weighted by Gasteiger charge is 2.14. The highest BCUT2D eigenvalue weighted by molar-refractivity contribution is 7.99. The third kappa shape index (κ3) is 3.77. The Balaban J connectivity index is 2.26. The molecule has 114 valence electrons. The van der Waals surface area contributed by atoms with Gasteiger partial charge in [-0.25, -0.2) is 0 Å². The molecule has 1 atom stereocenters. The van der Waals surface area contributed by atoms with Crippen LogP contribution in [0.4, 0.5) is 0 Å². The summed E-state index contributed by atoms with van der Waals surface area (Å²) in [7, 11) is 1.65. The van der Waals surface area contributed by atoms with Crippen LogP contribution in [0.2, 0.25) is 0 Å². The molecule has 0 fully saturated rings. The van der Waals surface area contributed by atoms with E-state index in [1.54, 1.807) is 7.11 Å². The zero-order chi connectivity index (χ0) is 15.2.